The van der Waals surface area contributed by atoms with Crippen molar-refractivity contribution >= 4 is 11.9 Å². The van der Waals surface area contributed by atoms with Gasteiger partial charge in [0.25, 0.3) is 0 Å². The minimum Gasteiger partial charge on any atom is -0.507 e. The average molecular weight is 305 g/mol. The van der Waals surface area contributed by atoms with Gasteiger partial charge >= 0.3 is 11.9 Å². The third-order valence-corrected chi connectivity index (χ3v) is 4.88. The van der Waals surface area contributed by atoms with Crippen LogP contribution in [0.3, 0.4) is 0 Å². The first-order chi connectivity index (χ1) is 10.5. The molecule has 22 heavy (non-hydrogen) atoms. The van der Waals surface area contributed by atoms with Crippen LogP contribution in [0.1, 0.15) is 29.6 Å². The summed E-state index contributed by atoms with van der Waals surface area (Å²) in [4.78, 5) is 25.9. The highest BCUT2D eigenvalue weighted by molar-refractivity contribution is 5.92. The van der Waals surface area contributed by atoms with Crippen LogP contribution in [0.5, 0.6) is 5.75 Å². The number of ether oxygens (including phenoxy) is 1. The molecule has 0 spiro atoms. The molecule has 3 rings (SSSR count). The van der Waals surface area contributed by atoms with Crippen molar-refractivity contribution in [1.29, 1.82) is 0 Å². The van der Waals surface area contributed by atoms with E-state index in [9.17, 15) is 19.8 Å². The molecule has 2 saturated heterocycles. The molecule has 6 nitrogen and oxygen atoms in total. The first-order valence-electron chi connectivity index (χ1n) is 7.42. The van der Waals surface area contributed by atoms with Crippen LogP contribution in [0.4, 0.5) is 0 Å². The lowest BCUT2D eigenvalue weighted by Crippen LogP contribution is -2.53. The number of esters is 1. The van der Waals surface area contributed by atoms with Gasteiger partial charge in [0.2, 0.25) is 0 Å². The Hall–Kier alpha value is -2.08. The Bertz CT molecular complexity index is 602. The maximum absolute atomic E-state index is 12.2. The molecule has 0 aromatic heterocycles. The largest absolute Gasteiger partial charge is 0.507 e. The number of carboxylic acid groups (broad SMARTS) is 1. The molecule has 0 radical (unpaired) electrons. The maximum Gasteiger partial charge on any atom is 0.342 e. The summed E-state index contributed by atoms with van der Waals surface area (Å²) in [6.07, 6.45) is 1.60. The van der Waals surface area contributed by atoms with Gasteiger partial charge in [-0.05, 0) is 32.0 Å². The van der Waals surface area contributed by atoms with E-state index in [4.69, 9.17) is 4.74 Å². The number of para-hydroxylation sites is 1. The van der Waals surface area contributed by atoms with Crippen molar-refractivity contribution in [3.63, 3.8) is 0 Å². The Morgan fingerprint density at radius 2 is 2.00 bits per heavy atom. The molecule has 2 bridgehead atoms. The van der Waals surface area contributed by atoms with Crippen molar-refractivity contribution in [3.05, 3.63) is 29.8 Å². The lowest BCUT2D eigenvalue weighted by molar-refractivity contribution is -0.152. The van der Waals surface area contributed by atoms with Crippen molar-refractivity contribution in [3.8, 4) is 5.75 Å². The second-order valence-electron chi connectivity index (χ2n) is 6.02. The fourth-order valence-electron chi connectivity index (χ4n) is 3.71. The van der Waals surface area contributed by atoms with Crippen LogP contribution in [-0.2, 0) is 9.53 Å². The molecule has 2 heterocycles. The van der Waals surface area contributed by atoms with Crippen LogP contribution in [0.2, 0.25) is 0 Å². The zero-order valence-electron chi connectivity index (χ0n) is 12.3. The normalized spacial score (nSPS) is 31.0. The van der Waals surface area contributed by atoms with Crippen LogP contribution in [0.15, 0.2) is 24.3 Å². The number of rotatable bonds is 3. The van der Waals surface area contributed by atoms with E-state index in [1.165, 1.54) is 12.1 Å². The van der Waals surface area contributed by atoms with Crippen LogP contribution in [-0.4, -0.2) is 52.3 Å². The van der Waals surface area contributed by atoms with Gasteiger partial charge < -0.3 is 14.9 Å². The number of piperidine rings is 1. The highest BCUT2D eigenvalue weighted by atomic mass is 16.5. The predicted molar refractivity (Wildman–Crippen MR) is 77.6 cm³/mol. The number of phenols is 1. The fourth-order valence-corrected chi connectivity index (χ4v) is 3.71. The van der Waals surface area contributed by atoms with Crippen LogP contribution in [0.25, 0.3) is 0 Å². The molecule has 2 fully saturated rings. The van der Waals surface area contributed by atoms with E-state index < -0.39 is 24.0 Å². The van der Waals surface area contributed by atoms with E-state index in [-0.39, 0.29) is 23.4 Å². The summed E-state index contributed by atoms with van der Waals surface area (Å²) in [5, 5.41) is 19.2. The van der Waals surface area contributed by atoms with E-state index in [0.29, 0.717) is 6.42 Å². The number of phenolic OH excluding ortho intramolecular Hbond substituents is 1. The summed E-state index contributed by atoms with van der Waals surface area (Å²) in [5.74, 6) is -2.49. The third kappa shape index (κ3) is 2.43. The molecule has 2 aliphatic rings. The molecule has 2 aliphatic heterocycles. The average Bonchev–Trinajstić information content (AvgIpc) is 2.71. The Kier molecular flexibility index (Phi) is 3.78. The van der Waals surface area contributed by atoms with Crippen molar-refractivity contribution in [2.24, 2.45) is 5.92 Å². The number of hydrogen-bond donors (Lipinski definition) is 2. The van der Waals surface area contributed by atoms with Gasteiger partial charge in [0.05, 0.1) is 0 Å². The topological polar surface area (TPSA) is 87.1 Å². The zero-order valence-corrected chi connectivity index (χ0v) is 12.3. The number of carbonyl (C=O) groups excluding carboxylic acids is 1. The van der Waals surface area contributed by atoms with E-state index in [1.54, 1.807) is 12.1 Å². The van der Waals surface area contributed by atoms with Gasteiger partial charge in [-0.2, -0.15) is 0 Å². The number of fused-ring (bicyclic) bond motifs is 2. The molecule has 0 amide bonds. The van der Waals surface area contributed by atoms with Crippen LogP contribution < -0.4 is 0 Å². The standard InChI is InChI=1S/C16H19NO5/c1-17-9-6-7-11(17)14(15(19)20)13(8-9)22-16(21)10-4-2-3-5-12(10)18/h2-5,9,11,13-14,18H,6-8H2,1H3,(H,19,20)/t9-,11+,13-,14+/m0/s1. The first-order valence-corrected chi connectivity index (χ1v) is 7.42. The molecular weight excluding hydrogens is 286 g/mol. The fraction of sp³-hybridized carbons (Fsp3) is 0.500. The second-order valence-corrected chi connectivity index (χ2v) is 6.02. The summed E-state index contributed by atoms with van der Waals surface area (Å²) in [7, 11) is 1.93. The Balaban J connectivity index is 1.80. The molecule has 6 heteroatoms. The number of carbonyl (C=O) groups is 2. The molecule has 4 atom stereocenters. The van der Waals surface area contributed by atoms with Gasteiger partial charge in [-0.25, -0.2) is 4.79 Å². The predicted octanol–water partition coefficient (Wildman–Crippen LogP) is 1.48. The van der Waals surface area contributed by atoms with Gasteiger partial charge in [-0.3, -0.25) is 9.69 Å². The highest BCUT2D eigenvalue weighted by Crippen LogP contribution is 2.40. The summed E-state index contributed by atoms with van der Waals surface area (Å²) < 4.78 is 5.45. The smallest absolute Gasteiger partial charge is 0.342 e. The van der Waals surface area contributed by atoms with Gasteiger partial charge in [0.15, 0.2) is 0 Å². The number of aliphatic carboxylic acids is 1. The van der Waals surface area contributed by atoms with Crippen LogP contribution in [0, 0.1) is 5.92 Å². The number of benzene rings is 1. The maximum atomic E-state index is 12.2. The molecule has 2 N–H and O–H groups in total. The van der Waals surface area contributed by atoms with E-state index in [0.717, 1.165) is 12.8 Å². The lowest BCUT2D eigenvalue weighted by atomic mass is 9.87. The number of nitrogens with zero attached hydrogens (tertiary/aromatic N) is 1. The summed E-state index contributed by atoms with van der Waals surface area (Å²) in [6.45, 7) is 0. The minimum atomic E-state index is -0.938. The van der Waals surface area contributed by atoms with Gasteiger partial charge in [0, 0.05) is 18.5 Å². The lowest BCUT2D eigenvalue weighted by Gasteiger charge is -2.40. The minimum absolute atomic E-state index is 0.0675. The highest BCUT2D eigenvalue weighted by Gasteiger charge is 2.50. The quantitative estimate of drug-likeness (QED) is 0.823. The van der Waals surface area contributed by atoms with Crippen LogP contribution >= 0.6 is 0 Å². The molecule has 1 aromatic carbocycles. The second kappa shape index (κ2) is 5.61. The van der Waals surface area contributed by atoms with Crippen molar-refractivity contribution in [2.45, 2.75) is 37.5 Å². The Morgan fingerprint density at radius 1 is 1.27 bits per heavy atom. The molecule has 0 unspecified atom stereocenters. The monoisotopic (exact) mass is 305 g/mol. The Morgan fingerprint density at radius 3 is 2.68 bits per heavy atom. The summed E-state index contributed by atoms with van der Waals surface area (Å²) in [5.41, 5.74) is 0.0675. The van der Waals surface area contributed by atoms with Crippen molar-refractivity contribution in [1.82, 2.24) is 4.90 Å². The molecule has 1 aromatic rings. The van der Waals surface area contributed by atoms with Gasteiger partial charge in [-0.15, -0.1) is 0 Å². The van der Waals surface area contributed by atoms with E-state index in [1.807, 2.05) is 7.05 Å². The van der Waals surface area contributed by atoms with Gasteiger partial charge in [-0.1, -0.05) is 12.1 Å². The molecule has 0 aliphatic carbocycles. The molecule has 0 saturated carbocycles. The Labute approximate surface area is 128 Å². The van der Waals surface area contributed by atoms with Crippen molar-refractivity contribution in [2.75, 3.05) is 7.05 Å². The van der Waals surface area contributed by atoms with Crippen molar-refractivity contribution < 1.29 is 24.5 Å². The molecular formula is C16H19NO5. The van der Waals surface area contributed by atoms with E-state index in [2.05, 4.69) is 4.90 Å². The SMILES string of the molecule is CN1[C@H]2CC[C@@H]1[C@@H](C(=O)O)[C@@H](OC(=O)c1ccccc1O)C2. The first kappa shape index (κ1) is 14.8. The van der Waals surface area contributed by atoms with E-state index >= 15 is 0 Å². The summed E-state index contributed by atoms with van der Waals surface area (Å²) >= 11 is 0. The molecule has 118 valence electrons. The summed E-state index contributed by atoms with van der Waals surface area (Å²) in [6, 6.07) is 6.27. The third-order valence-electron chi connectivity index (χ3n) is 4.88. The number of carboxylic acids is 1. The number of aromatic hydroxyl groups is 1. The zero-order chi connectivity index (χ0) is 15.9. The van der Waals surface area contributed by atoms with Gasteiger partial charge in [0.1, 0.15) is 23.3 Å². The number of hydrogen-bond acceptors (Lipinski definition) is 5.